The van der Waals surface area contributed by atoms with Gasteiger partial charge in [-0.25, -0.2) is 9.78 Å². The Bertz CT molecular complexity index is 1020. The third-order valence-electron chi connectivity index (χ3n) is 6.37. The molecule has 0 bridgehead atoms. The second-order valence-corrected chi connectivity index (χ2v) is 7.77. The van der Waals surface area contributed by atoms with Gasteiger partial charge in [-0.3, -0.25) is 4.79 Å². The molecule has 2 heterocycles. The first-order chi connectivity index (χ1) is 15.6. The predicted octanol–water partition coefficient (Wildman–Crippen LogP) is 2.99. The molecule has 2 aromatic carbocycles. The Morgan fingerprint density at radius 2 is 1.50 bits per heavy atom. The minimum absolute atomic E-state index is 0.137. The maximum atomic E-state index is 13.0. The van der Waals surface area contributed by atoms with Crippen LogP contribution in [-0.2, 0) is 19.3 Å². The molecule has 0 radical (unpaired) electrons. The van der Waals surface area contributed by atoms with E-state index in [2.05, 4.69) is 0 Å². The van der Waals surface area contributed by atoms with Crippen molar-refractivity contribution in [3.05, 3.63) is 41.0 Å². The van der Waals surface area contributed by atoms with Gasteiger partial charge in [-0.2, -0.15) is 0 Å². The summed E-state index contributed by atoms with van der Waals surface area (Å²) in [5, 5.41) is 0. The van der Waals surface area contributed by atoms with Crippen LogP contribution in [0, 0.1) is 11.8 Å². The lowest BCUT2D eigenvalue weighted by molar-refractivity contribution is -0.321. The second-order valence-electron chi connectivity index (χ2n) is 7.77. The Morgan fingerprint density at radius 3 is 2.09 bits per heavy atom. The Balaban J connectivity index is 1.74. The third-order valence-corrected chi connectivity index (χ3v) is 6.37. The molecule has 4 atom stereocenters. The van der Waals surface area contributed by atoms with Gasteiger partial charge in [0, 0.05) is 11.8 Å². The summed E-state index contributed by atoms with van der Waals surface area (Å²) in [5.74, 6) is 1.33. The first-order valence-corrected chi connectivity index (χ1v) is 10.2. The van der Waals surface area contributed by atoms with Crippen molar-refractivity contribution in [2.45, 2.75) is 12.0 Å². The van der Waals surface area contributed by atoms with E-state index in [4.69, 9.17) is 38.2 Å². The van der Waals surface area contributed by atoms with Crippen molar-refractivity contribution in [1.82, 2.24) is 0 Å². The molecule has 9 nitrogen and oxygen atoms in total. The zero-order chi connectivity index (χ0) is 22.4. The minimum atomic E-state index is -0.501. The van der Waals surface area contributed by atoms with Gasteiger partial charge < -0.3 is 28.4 Å². The van der Waals surface area contributed by atoms with E-state index >= 15 is 0 Å². The first-order valence-electron chi connectivity index (χ1n) is 10.2. The zero-order valence-corrected chi connectivity index (χ0v) is 18.2. The van der Waals surface area contributed by atoms with Gasteiger partial charge in [0.1, 0.15) is 6.10 Å². The molecular weight excluding hydrogens is 420 g/mol. The fourth-order valence-electron chi connectivity index (χ4n) is 5.02. The molecule has 2 aromatic rings. The quantitative estimate of drug-likeness (QED) is 0.379. The number of esters is 1. The van der Waals surface area contributed by atoms with E-state index in [0.29, 0.717) is 28.7 Å². The molecule has 5 rings (SSSR count). The number of cyclic esters (lactones) is 1. The van der Waals surface area contributed by atoms with E-state index in [1.807, 2.05) is 24.3 Å². The molecule has 170 valence electrons. The van der Waals surface area contributed by atoms with Crippen LogP contribution in [0.5, 0.6) is 28.7 Å². The van der Waals surface area contributed by atoms with Crippen LogP contribution in [0.1, 0.15) is 28.7 Å². The largest absolute Gasteiger partial charge is 0.493 e. The van der Waals surface area contributed by atoms with Crippen LogP contribution in [0.25, 0.3) is 0 Å². The molecular formula is C23H24O9. The van der Waals surface area contributed by atoms with Crippen molar-refractivity contribution in [2.75, 3.05) is 41.8 Å². The lowest BCUT2D eigenvalue weighted by Gasteiger charge is -2.38. The van der Waals surface area contributed by atoms with Gasteiger partial charge in [0.15, 0.2) is 23.0 Å². The molecule has 0 amide bonds. The van der Waals surface area contributed by atoms with Gasteiger partial charge >= 0.3 is 5.97 Å². The smallest absolute Gasteiger partial charge is 0.310 e. The van der Waals surface area contributed by atoms with Crippen LogP contribution in [0.15, 0.2) is 24.3 Å². The Hall–Kier alpha value is -3.17. The Labute approximate surface area is 184 Å². The number of hydrogen-bond acceptors (Lipinski definition) is 9. The molecule has 1 saturated heterocycles. The van der Waals surface area contributed by atoms with Gasteiger partial charge in [-0.15, -0.1) is 0 Å². The summed E-state index contributed by atoms with van der Waals surface area (Å²) < 4.78 is 33.3. The summed E-state index contributed by atoms with van der Waals surface area (Å²) in [6.07, 6.45) is -0.501. The minimum Gasteiger partial charge on any atom is -0.493 e. The lowest BCUT2D eigenvalue weighted by Crippen LogP contribution is -2.35. The molecule has 0 saturated carbocycles. The molecule has 9 heteroatoms. The highest BCUT2D eigenvalue weighted by Gasteiger charge is 2.53. The van der Waals surface area contributed by atoms with Crippen molar-refractivity contribution in [3.63, 3.8) is 0 Å². The molecule has 1 fully saturated rings. The van der Waals surface area contributed by atoms with Crippen LogP contribution in [0.4, 0.5) is 0 Å². The lowest BCUT2D eigenvalue weighted by atomic mass is 9.66. The molecule has 0 spiro atoms. The van der Waals surface area contributed by atoms with Crippen LogP contribution >= 0.6 is 0 Å². The molecule has 2 aliphatic heterocycles. The third kappa shape index (κ3) is 3.03. The van der Waals surface area contributed by atoms with Gasteiger partial charge in [0.2, 0.25) is 12.5 Å². The summed E-state index contributed by atoms with van der Waals surface area (Å²) in [7, 11) is 6.12. The van der Waals surface area contributed by atoms with Crippen LogP contribution in [0.2, 0.25) is 0 Å². The molecule has 3 aliphatic rings. The molecule has 0 aromatic heterocycles. The van der Waals surface area contributed by atoms with E-state index in [1.165, 1.54) is 7.11 Å². The maximum Gasteiger partial charge on any atom is 0.310 e. The van der Waals surface area contributed by atoms with Gasteiger partial charge in [0.25, 0.3) is 0 Å². The van der Waals surface area contributed by atoms with Crippen molar-refractivity contribution >= 4 is 5.97 Å². The number of carbonyl (C=O) groups is 1. The number of methoxy groups -OCH3 is 3. The first kappa shape index (κ1) is 20.7. The highest BCUT2D eigenvalue weighted by atomic mass is 17.2. The standard InChI is InChI=1S/C23H24O9/c1-25-17-5-11(6-18(26-2)22(17)27-3)19-12-7-15-16(31-10-30-15)8-13(12)21(32-28-4)14-9-29-23(24)20(14)19/h5-8,14,19-21H,9-10H2,1-4H3/t14-,19+,20-,21-/m0/s1. The van der Waals surface area contributed by atoms with E-state index in [-0.39, 0.29) is 31.2 Å². The van der Waals surface area contributed by atoms with Gasteiger partial charge in [-0.05, 0) is 41.0 Å². The number of benzene rings is 2. The fourth-order valence-corrected chi connectivity index (χ4v) is 5.02. The number of rotatable bonds is 6. The van der Waals surface area contributed by atoms with Crippen molar-refractivity contribution in [1.29, 1.82) is 0 Å². The second kappa shape index (κ2) is 8.07. The van der Waals surface area contributed by atoms with Crippen LogP contribution in [-0.4, -0.2) is 47.8 Å². The topological polar surface area (TPSA) is 90.9 Å². The summed E-state index contributed by atoms with van der Waals surface area (Å²) in [6, 6.07) is 7.52. The highest BCUT2D eigenvalue weighted by molar-refractivity contribution is 5.79. The summed E-state index contributed by atoms with van der Waals surface area (Å²) in [5.41, 5.74) is 2.55. The Morgan fingerprint density at radius 1 is 0.844 bits per heavy atom. The summed E-state index contributed by atoms with van der Waals surface area (Å²) in [6.45, 7) is 0.365. The van der Waals surface area contributed by atoms with Crippen LogP contribution in [0.3, 0.4) is 0 Å². The number of carbonyl (C=O) groups excluding carboxylic acids is 1. The van der Waals surface area contributed by atoms with E-state index in [9.17, 15) is 4.79 Å². The van der Waals surface area contributed by atoms with E-state index in [1.54, 1.807) is 21.3 Å². The van der Waals surface area contributed by atoms with E-state index in [0.717, 1.165) is 16.7 Å². The van der Waals surface area contributed by atoms with Gasteiger partial charge in [-0.1, -0.05) is 0 Å². The molecule has 1 aliphatic carbocycles. The highest BCUT2D eigenvalue weighted by Crippen LogP contribution is 2.56. The average Bonchev–Trinajstić information content (AvgIpc) is 3.43. The van der Waals surface area contributed by atoms with E-state index < -0.39 is 12.0 Å². The summed E-state index contributed by atoms with van der Waals surface area (Å²) in [4.78, 5) is 23.6. The number of hydrogen-bond donors (Lipinski definition) is 0. The summed E-state index contributed by atoms with van der Waals surface area (Å²) >= 11 is 0. The fraction of sp³-hybridized carbons (Fsp3) is 0.435. The molecule has 0 N–H and O–H groups in total. The molecule has 32 heavy (non-hydrogen) atoms. The normalized spacial score (nSPS) is 25.1. The maximum absolute atomic E-state index is 13.0. The van der Waals surface area contributed by atoms with Crippen molar-refractivity contribution in [2.24, 2.45) is 11.8 Å². The van der Waals surface area contributed by atoms with Crippen molar-refractivity contribution in [3.8, 4) is 28.7 Å². The molecule has 0 unspecified atom stereocenters. The van der Waals surface area contributed by atoms with Gasteiger partial charge in [0.05, 0.1) is 41.0 Å². The van der Waals surface area contributed by atoms with Crippen LogP contribution < -0.4 is 23.7 Å². The zero-order valence-electron chi connectivity index (χ0n) is 18.2. The predicted molar refractivity (Wildman–Crippen MR) is 109 cm³/mol. The number of ether oxygens (including phenoxy) is 6. The monoisotopic (exact) mass is 444 g/mol. The SMILES string of the molecule is COO[C@H]1c2cc3c(cc2[C@@H](c2cc(OC)c(OC)c(OC)c2)[C@H]2C(=O)OC[C@@H]21)OCO3. The van der Waals surface area contributed by atoms with Crippen molar-refractivity contribution < 1.29 is 43.0 Å². The average molecular weight is 444 g/mol. The number of fused-ring (bicyclic) bond motifs is 3. The Kier molecular flexibility index (Phi) is 5.22.